The second-order valence-electron chi connectivity index (χ2n) is 32.9. The quantitative estimate of drug-likeness (QED) is 0.0271. The van der Waals surface area contributed by atoms with Crippen LogP contribution in [-0.2, 0) is 114 Å². The number of ether oxygens (including phenoxy) is 18. The second kappa shape index (κ2) is 48.7. The Bertz CT molecular complexity index is 3630. The predicted octanol–water partition coefficient (Wildman–Crippen LogP) is -23.2. The van der Waals surface area contributed by atoms with E-state index in [1.807, 2.05) is 0 Å². The van der Waals surface area contributed by atoms with E-state index in [0.29, 0.717) is 0 Å². The first-order valence-electron chi connectivity index (χ1n) is 41.7. The van der Waals surface area contributed by atoms with Crippen molar-refractivity contribution in [2.75, 3.05) is 72.7 Å². The van der Waals surface area contributed by atoms with E-state index in [1.165, 1.54) is 0 Å². The van der Waals surface area contributed by atoms with Gasteiger partial charge in [-0.1, -0.05) is 0 Å². The summed E-state index contributed by atoms with van der Waals surface area (Å²) in [6.07, 6.45) is -98.7. The molecule has 9 aliphatic rings. The third-order valence-corrected chi connectivity index (χ3v) is 23.5. The molecule has 0 aromatic carbocycles. The smallest absolute Gasteiger partial charge is 0.364 e. The number of hydrogen-bond donors (Lipinski definition) is 35. The Labute approximate surface area is 747 Å². The molecular weight excluding hydrogens is 1810 g/mol. The maximum atomic E-state index is 13.2. The molecule has 0 bridgehead atoms. The van der Waals surface area contributed by atoms with Crippen molar-refractivity contribution in [2.45, 2.75) is 347 Å². The summed E-state index contributed by atoms with van der Waals surface area (Å²) in [5, 5.41) is 345. The lowest BCUT2D eigenvalue weighted by Gasteiger charge is -2.51. The number of amides is 5. The van der Waals surface area contributed by atoms with Crippen LogP contribution in [0.2, 0.25) is 0 Å². The fraction of sp³-hybridized carbons (Fsp3) is 0.918. The van der Waals surface area contributed by atoms with Crippen LogP contribution >= 0.6 is 0 Å². The van der Waals surface area contributed by atoms with E-state index in [-0.39, 0.29) is 0 Å². The largest absolute Gasteiger partial charge is 0.477 e. The van der Waals surface area contributed by atoms with Crippen molar-refractivity contribution in [1.82, 2.24) is 26.6 Å². The van der Waals surface area contributed by atoms with Crippen LogP contribution in [-0.4, -0.2) is 567 Å². The van der Waals surface area contributed by atoms with E-state index >= 15 is 0 Å². The fourth-order valence-electron chi connectivity index (χ4n) is 16.5. The molecule has 9 heterocycles. The first-order chi connectivity index (χ1) is 62.2. The van der Waals surface area contributed by atoms with E-state index in [2.05, 4.69) is 26.6 Å². The lowest BCUT2D eigenvalue weighted by molar-refractivity contribution is -0.398. The Morgan fingerprint density at radius 3 is 1.10 bits per heavy atom. The number of rotatable bonds is 40. The van der Waals surface area contributed by atoms with E-state index < -0.39 is 421 Å². The number of aliphatic hydroxyl groups is 29. The maximum Gasteiger partial charge on any atom is 0.364 e. The van der Waals surface area contributed by atoms with Gasteiger partial charge >= 0.3 is 5.97 Å². The molecule has 9 saturated heterocycles. The Morgan fingerprint density at radius 2 is 0.689 bits per heavy atom. The number of aliphatic carboxylic acids is 1. The minimum Gasteiger partial charge on any atom is -0.477 e. The highest BCUT2D eigenvalue weighted by molar-refractivity contribution is 5.77. The number of carboxylic acid groups (broad SMARTS) is 1. The maximum absolute atomic E-state index is 13.2. The third-order valence-electron chi connectivity index (χ3n) is 23.5. The summed E-state index contributed by atoms with van der Waals surface area (Å²) >= 11 is 0. The molecule has 9 aliphatic heterocycles. The second-order valence-corrected chi connectivity index (χ2v) is 32.9. The van der Waals surface area contributed by atoms with Gasteiger partial charge in [0.1, 0.15) is 232 Å². The summed E-state index contributed by atoms with van der Waals surface area (Å²) in [5.41, 5.74) is 0. The lowest BCUT2D eigenvalue weighted by Crippen LogP contribution is -2.70. The zero-order chi connectivity index (χ0) is 98.0. The Balaban J connectivity index is 1.04. The summed E-state index contributed by atoms with van der Waals surface area (Å²) in [5.74, 6) is -9.91. The topological polar surface area (TPSA) is 936 Å². The summed E-state index contributed by atoms with van der Waals surface area (Å²) in [6, 6.07) is -9.49. The van der Waals surface area contributed by atoms with Crippen molar-refractivity contribution in [3.8, 4) is 0 Å². The molecule has 9 unspecified atom stereocenters. The summed E-state index contributed by atoms with van der Waals surface area (Å²) < 4.78 is 107. The minimum absolute atomic E-state index is 0.839. The van der Waals surface area contributed by atoms with Gasteiger partial charge in [-0.25, -0.2) is 4.79 Å². The third kappa shape index (κ3) is 25.2. The standard InChI is InChI=1S/C73H123N5O54/c1-18(88)74-23(7-79)39(96)56(26(95)9-81)125-64-36(76-20(3)90)46(103)59(32(15-87)120-64)128-69-55(112)61(129-71-63(52(109)43(100)29(12-84)119-71)131-66-38(78-22(5)92)48(105)57(30(13-85)122-66)126-67-53(110)49(106)41(98)27(10-82)117-67)45(102)33(123-69)16-115-70-62(51(108)42(99)28(11-83)118-70)130-65-37(77-21(4)91)47(104)58(31(14-86)121-65)127-68-54(111)50(107)44(101)34(124-68)17-116-73(72(113)114)6-24(93)35(75-19(2)89)60(132-73)40(97)25(94)8-80/h23-71,79-87,93-112H,6-17H2,1-5H3,(H,74,88)(H,75,89)(H,76,90)(H,77,91)(H,78,92)(H,113,114)/t23-,24-,25+,26+,27+,28+,29+,30+,31+,32+,33+,34+,35+,36+,37+,38+,39+,40+,41-,42+,43+,44-,45+,46+,47+,48+,49-,50-,51-,52-,53+,54+,55-,56+,57+,58+,59+,60+,61-,62-,63-,64?,65?,66?,67?,68?,69?,70?,71?,73?/m0/s1. The normalized spacial score (nSPS) is 44.7. The van der Waals surface area contributed by atoms with E-state index in [0.717, 1.165) is 34.6 Å². The molecule has 50 atom stereocenters. The van der Waals surface area contributed by atoms with Crippen LogP contribution in [0, 0.1) is 0 Å². The number of hydrogen-bond acceptors (Lipinski definition) is 53. The molecule has 132 heavy (non-hydrogen) atoms. The zero-order valence-electron chi connectivity index (χ0n) is 71.0. The molecule has 0 aliphatic carbocycles. The van der Waals surface area contributed by atoms with Crippen LogP contribution < -0.4 is 26.6 Å². The summed E-state index contributed by atoms with van der Waals surface area (Å²) in [4.78, 5) is 76.5. The Kier molecular flexibility index (Phi) is 40.8. The average molecular weight is 1930 g/mol. The van der Waals surface area contributed by atoms with Gasteiger partial charge in [0.2, 0.25) is 29.5 Å². The average Bonchev–Trinajstić information content (AvgIpc) is 0.765. The van der Waals surface area contributed by atoms with E-state index in [1.54, 1.807) is 0 Å². The van der Waals surface area contributed by atoms with Crippen LogP contribution in [0.1, 0.15) is 41.0 Å². The van der Waals surface area contributed by atoms with Gasteiger partial charge in [0.15, 0.2) is 50.3 Å². The van der Waals surface area contributed by atoms with Crippen LogP contribution in [0.25, 0.3) is 0 Å². The van der Waals surface area contributed by atoms with Crippen LogP contribution in [0.15, 0.2) is 0 Å². The number of nitrogens with one attached hydrogen (secondary N) is 5. The van der Waals surface area contributed by atoms with Gasteiger partial charge in [-0.15, -0.1) is 0 Å². The highest BCUT2D eigenvalue weighted by Crippen LogP contribution is 2.42. The molecule has 764 valence electrons. The molecule has 0 saturated carbocycles. The Morgan fingerprint density at radius 1 is 0.341 bits per heavy atom. The van der Waals surface area contributed by atoms with E-state index in [4.69, 9.17) is 85.3 Å². The van der Waals surface area contributed by atoms with Crippen molar-refractivity contribution < 1.29 is 267 Å². The van der Waals surface area contributed by atoms with Crippen molar-refractivity contribution in [3.63, 3.8) is 0 Å². The summed E-state index contributed by atoms with van der Waals surface area (Å²) in [7, 11) is 0. The SMILES string of the molecule is CC(=O)N[C@H]1[C@H]([C@H](O)[C@H](O)CO)OC(OC[C@H]2OC(O[C@H]3[C@H](O)[C@@H](NC(C)=O)C(O[C@@H]4C(OC[C@H]5OC(O[C@H]6[C@H](O)[C@@H](NC(C)=O)C(O[C@@H]([C@H](O)[C@H](CO)NC(C)=O)[C@H](O)CO)O[C@@H]6CO)[C@@H](O)[C@@H](OC6O[C@H](CO)[C@@H](O)[C@H](O)[C@@H]6OC6O[C@H](CO)[C@@H](OC7O[C@H](CO)[C@H](O)[C@H](O)[C@H]7O)[C@H](O)[C@H]6NC(C)=O)[C@@H]5O)O[C@H](CO)[C@@H](O)[C@@H]4O)O[C@@H]3CO)[C@H](O)[C@@H](O)[C@H]2O)(C(=O)O)C[C@@H]1O. The predicted molar refractivity (Wildman–Crippen MR) is 407 cm³/mol. The zero-order valence-corrected chi connectivity index (χ0v) is 71.0. The molecule has 9 fully saturated rings. The van der Waals surface area contributed by atoms with Gasteiger partial charge in [-0.05, 0) is 0 Å². The fourth-order valence-corrected chi connectivity index (χ4v) is 16.5. The first-order valence-corrected chi connectivity index (χ1v) is 41.7. The lowest BCUT2D eigenvalue weighted by atomic mass is 9.88. The van der Waals surface area contributed by atoms with Crippen LogP contribution in [0.5, 0.6) is 0 Å². The van der Waals surface area contributed by atoms with Crippen LogP contribution in [0.3, 0.4) is 0 Å². The molecule has 59 heteroatoms. The highest BCUT2D eigenvalue weighted by Gasteiger charge is 2.63. The number of carbonyl (C=O) groups is 6. The van der Waals surface area contributed by atoms with Gasteiger partial charge in [-0.3, -0.25) is 24.0 Å². The molecule has 0 spiro atoms. The van der Waals surface area contributed by atoms with Crippen molar-refractivity contribution >= 4 is 35.5 Å². The molecule has 59 nitrogen and oxygen atoms in total. The van der Waals surface area contributed by atoms with Crippen molar-refractivity contribution in [2.24, 2.45) is 0 Å². The first kappa shape index (κ1) is 111. The monoisotopic (exact) mass is 1930 g/mol. The van der Waals surface area contributed by atoms with Gasteiger partial charge < -0.3 is 265 Å². The summed E-state index contributed by atoms with van der Waals surface area (Å²) in [6.45, 7) is -8.56. The number of carbonyl (C=O) groups excluding carboxylic acids is 5. The molecule has 0 aromatic heterocycles. The van der Waals surface area contributed by atoms with Gasteiger partial charge in [0.25, 0.3) is 5.79 Å². The number of aliphatic hydroxyl groups excluding tert-OH is 29. The van der Waals surface area contributed by atoms with Gasteiger partial charge in [0.05, 0.1) is 90.9 Å². The molecule has 9 rings (SSSR count). The number of carboxylic acids is 1. The van der Waals surface area contributed by atoms with Gasteiger partial charge in [0, 0.05) is 41.0 Å². The highest BCUT2D eigenvalue weighted by atomic mass is 16.8. The molecule has 35 N–H and O–H groups in total. The van der Waals surface area contributed by atoms with Gasteiger partial charge in [-0.2, -0.15) is 0 Å². The molecule has 0 aromatic rings. The molecule has 5 amide bonds. The van der Waals surface area contributed by atoms with Crippen molar-refractivity contribution in [3.05, 3.63) is 0 Å². The molecular formula is C73H123N5O54. The van der Waals surface area contributed by atoms with E-state index in [9.17, 15) is 182 Å². The molecule has 0 radical (unpaired) electrons. The Hall–Kier alpha value is -5.06. The van der Waals surface area contributed by atoms with Crippen molar-refractivity contribution in [1.29, 1.82) is 0 Å². The minimum atomic E-state index is -3.10. The van der Waals surface area contributed by atoms with Crippen LogP contribution in [0.4, 0.5) is 0 Å².